The molecule has 0 atom stereocenters. The van der Waals surface area contributed by atoms with E-state index in [0.29, 0.717) is 18.4 Å². The van der Waals surface area contributed by atoms with E-state index >= 15 is 0 Å². The first kappa shape index (κ1) is 28.5. The average Bonchev–Trinajstić information content (AvgIpc) is 2.86. The molecule has 9 nitrogen and oxygen atoms in total. The minimum atomic E-state index is -0.857. The molecule has 0 bridgehead atoms. The zero-order chi connectivity index (χ0) is 27.5. The molecule has 1 aliphatic carbocycles. The number of aromatic amines is 1. The van der Waals surface area contributed by atoms with Crippen LogP contribution in [0.3, 0.4) is 0 Å². The minimum absolute atomic E-state index is 0.0186. The summed E-state index contributed by atoms with van der Waals surface area (Å²) in [6.45, 7) is 2.20. The van der Waals surface area contributed by atoms with E-state index in [4.69, 9.17) is 10.8 Å². The van der Waals surface area contributed by atoms with Gasteiger partial charge in [0.2, 0.25) is 5.43 Å². The second-order valence-corrected chi connectivity index (χ2v) is 11.1. The van der Waals surface area contributed by atoms with Crippen molar-refractivity contribution in [1.82, 2.24) is 20.1 Å². The van der Waals surface area contributed by atoms with Gasteiger partial charge in [0, 0.05) is 25.2 Å². The lowest BCUT2D eigenvalue weighted by Crippen LogP contribution is -2.63. The summed E-state index contributed by atoms with van der Waals surface area (Å²) in [5, 5.41) is 30.2. The smallest absolute Gasteiger partial charge is 0.275 e. The van der Waals surface area contributed by atoms with Gasteiger partial charge in [-0.25, -0.2) is 4.39 Å². The van der Waals surface area contributed by atoms with Gasteiger partial charge in [-0.05, 0) is 71.4 Å². The average molecular weight is 531 g/mol. The van der Waals surface area contributed by atoms with Crippen LogP contribution < -0.4 is 10.7 Å². The topological polar surface area (TPSA) is 136 Å². The van der Waals surface area contributed by atoms with E-state index in [-0.39, 0.29) is 39.1 Å². The quantitative estimate of drug-likeness (QED) is 0.212. The van der Waals surface area contributed by atoms with Gasteiger partial charge >= 0.3 is 0 Å². The molecule has 0 radical (unpaired) electrons. The Kier molecular flexibility index (Phi) is 8.61. The van der Waals surface area contributed by atoms with E-state index in [1.807, 2.05) is 14.1 Å². The molecule has 1 aromatic heterocycles. The number of aromatic hydroxyl groups is 1. The number of carbonyl (C=O) groups is 1. The Morgan fingerprint density at radius 1 is 1.16 bits per heavy atom. The van der Waals surface area contributed by atoms with Crippen LogP contribution in [0.25, 0.3) is 0 Å². The fourth-order valence-corrected chi connectivity index (χ4v) is 5.36. The van der Waals surface area contributed by atoms with Crippen molar-refractivity contribution in [2.24, 2.45) is 0 Å². The molecule has 2 aromatic rings. The number of benzene rings is 1. The Morgan fingerprint density at radius 2 is 1.76 bits per heavy atom. The molecule has 1 fully saturated rings. The maximum Gasteiger partial charge on any atom is 0.275 e. The van der Waals surface area contributed by atoms with Gasteiger partial charge in [-0.3, -0.25) is 25.7 Å². The molecule has 0 spiro atoms. The molecule has 0 saturated heterocycles. The van der Waals surface area contributed by atoms with Crippen LogP contribution in [0.15, 0.2) is 35.3 Å². The number of H-pyrrole nitrogens is 1. The Balaban J connectivity index is 1.75. The molecule has 3 rings (SSSR count). The summed E-state index contributed by atoms with van der Waals surface area (Å²) >= 11 is 0.755. The number of nitrogens with one attached hydrogen (secondary N) is 4. The molecule has 1 saturated carbocycles. The number of carbonyl (C=O) groups excluding carboxylic acids is 1. The number of nitrogens with zero attached hydrogens (tertiary/aromatic N) is 2. The molecular formula is C26H35FN6O3S. The first-order valence-electron chi connectivity index (χ1n) is 12.0. The van der Waals surface area contributed by atoms with Gasteiger partial charge in [0.1, 0.15) is 10.9 Å². The van der Waals surface area contributed by atoms with Crippen molar-refractivity contribution in [3.63, 3.8) is 0 Å². The summed E-state index contributed by atoms with van der Waals surface area (Å²) in [4.78, 5) is 32.7. The maximum atomic E-state index is 13.4. The second-order valence-electron chi connectivity index (χ2n) is 9.95. The third-order valence-electron chi connectivity index (χ3n) is 7.67. The fraction of sp³-hybridized carbons (Fsp3) is 0.462. The zero-order valence-corrected chi connectivity index (χ0v) is 22.7. The molecule has 1 aromatic carbocycles. The molecule has 1 heterocycles. The van der Waals surface area contributed by atoms with Crippen LogP contribution in [0.5, 0.6) is 5.75 Å². The lowest BCUT2D eigenvalue weighted by molar-refractivity contribution is -0.00102. The van der Waals surface area contributed by atoms with Gasteiger partial charge in [-0.2, -0.15) is 0 Å². The number of hydrogen-bond acceptors (Lipinski definition) is 8. The third kappa shape index (κ3) is 5.94. The highest BCUT2D eigenvalue weighted by atomic mass is 32.2. The highest BCUT2D eigenvalue weighted by Gasteiger charge is 2.45. The lowest BCUT2D eigenvalue weighted by atomic mass is 9.76. The number of aromatic nitrogens is 1. The van der Waals surface area contributed by atoms with E-state index in [1.165, 1.54) is 23.2 Å². The molecule has 1 amide bonds. The second kappa shape index (κ2) is 11.2. The number of pyridine rings is 1. The number of thioether (sulfide) groups is 1. The van der Waals surface area contributed by atoms with Crippen LogP contribution in [0.2, 0.25) is 0 Å². The van der Waals surface area contributed by atoms with Gasteiger partial charge in [-0.15, -0.1) is 0 Å². The van der Waals surface area contributed by atoms with Gasteiger partial charge in [0.15, 0.2) is 11.4 Å². The van der Waals surface area contributed by atoms with E-state index in [1.54, 1.807) is 26.2 Å². The Labute approximate surface area is 220 Å². The monoisotopic (exact) mass is 530 g/mol. The zero-order valence-electron chi connectivity index (χ0n) is 21.9. The van der Waals surface area contributed by atoms with Crippen molar-refractivity contribution < 1.29 is 14.3 Å². The van der Waals surface area contributed by atoms with Crippen LogP contribution in [-0.2, 0) is 6.42 Å². The van der Waals surface area contributed by atoms with E-state index < -0.39 is 22.7 Å². The minimum Gasteiger partial charge on any atom is -0.503 e. The summed E-state index contributed by atoms with van der Waals surface area (Å²) in [5.41, 5.74) is -1.17. The van der Waals surface area contributed by atoms with Crippen LogP contribution in [0, 0.1) is 16.6 Å². The third-order valence-corrected chi connectivity index (χ3v) is 8.48. The predicted molar refractivity (Wildman–Crippen MR) is 145 cm³/mol. The molecule has 0 aliphatic heterocycles. The summed E-state index contributed by atoms with van der Waals surface area (Å²) in [5.74, 6) is -1.67. The summed E-state index contributed by atoms with van der Waals surface area (Å²) in [6, 6.07) is 5.69. The fourth-order valence-electron chi connectivity index (χ4n) is 4.62. The SMILES string of the molecule is CNC1(N(C)C(=O)c2[nH]cc(C(=N)SC(=N)Cc3ccc(F)cc3)c(=O)c2O)CCC(C)(N(C)C)CC1. The molecule has 11 heteroatoms. The summed E-state index contributed by atoms with van der Waals surface area (Å²) in [7, 11) is 7.54. The molecular weight excluding hydrogens is 495 g/mol. The van der Waals surface area contributed by atoms with Crippen molar-refractivity contribution >= 4 is 27.8 Å². The van der Waals surface area contributed by atoms with Crippen LogP contribution >= 0.6 is 11.8 Å². The maximum absolute atomic E-state index is 13.4. The van der Waals surface area contributed by atoms with E-state index in [9.17, 15) is 19.1 Å². The standard InChI is InChI=1S/C26H35FN6O3S/c1-25(32(3)4)10-12-26(30-2,13-11-25)33(5)24(36)20-22(35)21(34)18(15-31-20)23(29)37-19(28)14-16-6-8-17(27)9-7-16/h6-9,15,28-30,35H,10-14H2,1-5H3,(H,31,34). The largest absolute Gasteiger partial charge is 0.503 e. The van der Waals surface area contributed by atoms with E-state index in [0.717, 1.165) is 24.6 Å². The molecule has 37 heavy (non-hydrogen) atoms. The highest BCUT2D eigenvalue weighted by molar-refractivity contribution is 8.26. The number of halogens is 1. The van der Waals surface area contributed by atoms with Crippen molar-refractivity contribution in [3.8, 4) is 5.75 Å². The van der Waals surface area contributed by atoms with Crippen molar-refractivity contribution in [2.45, 2.75) is 50.2 Å². The summed E-state index contributed by atoms with van der Waals surface area (Å²) in [6.07, 6.45) is 4.50. The van der Waals surface area contributed by atoms with Gasteiger partial charge in [-0.1, -0.05) is 23.9 Å². The van der Waals surface area contributed by atoms with Crippen LogP contribution in [0.1, 0.15) is 54.2 Å². The highest BCUT2D eigenvalue weighted by Crippen LogP contribution is 2.39. The first-order chi connectivity index (χ1) is 17.3. The van der Waals surface area contributed by atoms with Gasteiger partial charge in [0.05, 0.1) is 16.3 Å². The molecule has 5 N–H and O–H groups in total. The molecule has 0 unspecified atom stereocenters. The first-order valence-corrected chi connectivity index (χ1v) is 12.8. The van der Waals surface area contributed by atoms with Crippen LogP contribution in [0.4, 0.5) is 4.39 Å². The van der Waals surface area contributed by atoms with Crippen molar-refractivity contribution in [1.29, 1.82) is 10.8 Å². The summed E-state index contributed by atoms with van der Waals surface area (Å²) < 4.78 is 13.1. The number of rotatable bonds is 7. The van der Waals surface area contributed by atoms with Crippen molar-refractivity contribution in [3.05, 3.63) is 63.3 Å². The normalized spacial score (nSPS) is 21.6. The lowest BCUT2D eigenvalue weighted by Gasteiger charge is -2.51. The van der Waals surface area contributed by atoms with E-state index in [2.05, 4.69) is 22.1 Å². The Morgan fingerprint density at radius 3 is 2.30 bits per heavy atom. The van der Waals surface area contributed by atoms with Gasteiger partial charge in [0.25, 0.3) is 5.91 Å². The molecule has 1 aliphatic rings. The number of amides is 1. The molecule has 200 valence electrons. The van der Waals surface area contributed by atoms with Gasteiger partial charge < -0.3 is 19.9 Å². The Hall–Kier alpha value is -3.02. The van der Waals surface area contributed by atoms with Crippen LogP contribution in [-0.4, -0.2) is 75.3 Å². The Bertz CT molecular complexity index is 1240. The van der Waals surface area contributed by atoms with Crippen molar-refractivity contribution in [2.75, 3.05) is 28.2 Å². The number of hydrogen-bond donors (Lipinski definition) is 5. The predicted octanol–water partition coefficient (Wildman–Crippen LogP) is 3.38.